The van der Waals surface area contributed by atoms with E-state index in [2.05, 4.69) is 15.5 Å². The van der Waals surface area contributed by atoms with E-state index in [1.807, 2.05) is 4.90 Å². The second-order valence-electron chi connectivity index (χ2n) is 5.37. The molecule has 2 N–H and O–H groups in total. The normalized spacial score (nSPS) is 24.5. The van der Waals surface area contributed by atoms with Gasteiger partial charge in [-0.3, -0.25) is 4.79 Å². The fraction of sp³-hybridized carbons (Fsp3) is 0.615. The van der Waals surface area contributed by atoms with Crippen molar-refractivity contribution in [3.8, 4) is 0 Å². The molecule has 0 saturated carbocycles. The molecule has 0 spiro atoms. The fourth-order valence-corrected chi connectivity index (χ4v) is 2.85. The van der Waals surface area contributed by atoms with Gasteiger partial charge in [0, 0.05) is 19.6 Å². The van der Waals surface area contributed by atoms with Crippen LogP contribution >= 0.6 is 11.6 Å². The number of hydrogen-bond acceptors (Lipinski definition) is 6. The molecule has 1 aromatic rings. The zero-order chi connectivity index (χ0) is 15.5. The number of halogens is 1. The summed E-state index contributed by atoms with van der Waals surface area (Å²) in [5.41, 5.74) is 0.128. The molecule has 1 aromatic heterocycles. The van der Waals surface area contributed by atoms with Crippen LogP contribution in [0.1, 0.15) is 12.8 Å². The number of amides is 1. The van der Waals surface area contributed by atoms with E-state index in [9.17, 15) is 9.59 Å². The molecule has 120 valence electrons. The van der Waals surface area contributed by atoms with Crippen molar-refractivity contribution in [1.29, 1.82) is 0 Å². The van der Waals surface area contributed by atoms with E-state index in [1.165, 1.54) is 6.20 Å². The Morgan fingerprint density at radius 2 is 2.41 bits per heavy atom. The van der Waals surface area contributed by atoms with E-state index in [0.29, 0.717) is 38.4 Å². The number of anilines is 1. The molecular formula is C13H17ClN4O4. The van der Waals surface area contributed by atoms with Crippen molar-refractivity contribution in [2.24, 2.45) is 0 Å². The Kier molecular flexibility index (Phi) is 4.49. The number of rotatable bonds is 3. The third kappa shape index (κ3) is 3.33. The van der Waals surface area contributed by atoms with Crippen molar-refractivity contribution in [3.05, 3.63) is 21.6 Å². The van der Waals surface area contributed by atoms with Crippen molar-refractivity contribution in [1.82, 2.24) is 15.5 Å². The molecule has 9 heteroatoms. The fourth-order valence-electron chi connectivity index (χ4n) is 2.64. The molecule has 2 saturated heterocycles. The quantitative estimate of drug-likeness (QED) is 0.839. The van der Waals surface area contributed by atoms with Crippen LogP contribution in [0.4, 0.5) is 10.5 Å². The molecule has 0 unspecified atom stereocenters. The van der Waals surface area contributed by atoms with Gasteiger partial charge in [0.1, 0.15) is 11.1 Å². The largest absolute Gasteiger partial charge is 0.444 e. The van der Waals surface area contributed by atoms with Crippen LogP contribution in [-0.2, 0) is 9.47 Å². The van der Waals surface area contributed by atoms with E-state index in [4.69, 9.17) is 21.1 Å². The first-order valence-corrected chi connectivity index (χ1v) is 7.54. The highest BCUT2D eigenvalue weighted by molar-refractivity contribution is 6.33. The molecule has 2 aliphatic rings. The summed E-state index contributed by atoms with van der Waals surface area (Å²) < 4.78 is 10.6. The lowest BCUT2D eigenvalue weighted by molar-refractivity contribution is 0.103. The van der Waals surface area contributed by atoms with Gasteiger partial charge in [0.15, 0.2) is 0 Å². The second-order valence-corrected chi connectivity index (χ2v) is 5.74. The summed E-state index contributed by atoms with van der Waals surface area (Å²) in [7, 11) is 0. The van der Waals surface area contributed by atoms with Gasteiger partial charge in [0.2, 0.25) is 0 Å². The number of H-pyrrole nitrogens is 1. The third-order valence-corrected chi connectivity index (χ3v) is 4.15. The zero-order valence-corrected chi connectivity index (χ0v) is 12.6. The van der Waals surface area contributed by atoms with Crippen molar-refractivity contribution in [3.63, 3.8) is 0 Å². The number of ether oxygens (including phenoxy) is 2. The van der Waals surface area contributed by atoms with Crippen molar-refractivity contribution in [2.75, 3.05) is 31.2 Å². The van der Waals surface area contributed by atoms with E-state index in [0.717, 1.165) is 6.42 Å². The van der Waals surface area contributed by atoms with Crippen LogP contribution in [0, 0.1) is 0 Å². The standard InChI is InChI=1S/C13H17ClN4O4/c14-11-10(5-15-17-12(11)19)18-3-1-9(6-18)22-13(20)16-8-2-4-21-7-8/h5,8-9H,1-4,6-7H2,(H,16,20)(H,17,19)/t8-,9-/m1/s1. The highest BCUT2D eigenvalue weighted by Crippen LogP contribution is 2.25. The first-order chi connectivity index (χ1) is 10.6. The number of nitrogens with zero attached hydrogens (tertiary/aromatic N) is 2. The van der Waals surface area contributed by atoms with Gasteiger partial charge in [-0.05, 0) is 6.42 Å². The van der Waals surface area contributed by atoms with Crippen molar-refractivity contribution >= 4 is 23.4 Å². The molecule has 3 rings (SSSR count). The van der Waals surface area contributed by atoms with Gasteiger partial charge < -0.3 is 19.7 Å². The maximum atomic E-state index is 11.8. The van der Waals surface area contributed by atoms with E-state index >= 15 is 0 Å². The molecule has 22 heavy (non-hydrogen) atoms. The average molecular weight is 329 g/mol. The number of carbonyl (C=O) groups is 1. The molecule has 2 fully saturated rings. The number of carbonyl (C=O) groups excluding carboxylic acids is 1. The Hall–Kier alpha value is -1.80. The molecule has 0 bridgehead atoms. The third-order valence-electron chi connectivity index (χ3n) is 3.79. The number of aromatic amines is 1. The van der Waals surface area contributed by atoms with Gasteiger partial charge in [-0.25, -0.2) is 9.89 Å². The van der Waals surface area contributed by atoms with Crippen LogP contribution in [0.5, 0.6) is 0 Å². The molecule has 3 heterocycles. The Balaban J connectivity index is 1.54. The summed E-state index contributed by atoms with van der Waals surface area (Å²) in [6.45, 7) is 2.32. The topological polar surface area (TPSA) is 96.6 Å². The highest BCUT2D eigenvalue weighted by atomic mass is 35.5. The monoisotopic (exact) mass is 328 g/mol. The SMILES string of the molecule is O=C(N[C@@H]1CCOC1)O[C@@H]1CCN(c2cn[nH]c(=O)c2Cl)C1. The summed E-state index contributed by atoms with van der Waals surface area (Å²) in [4.78, 5) is 25.2. The molecule has 2 aliphatic heterocycles. The number of aromatic nitrogens is 2. The van der Waals surface area contributed by atoms with Crippen molar-refractivity contribution < 1.29 is 14.3 Å². The lowest BCUT2D eigenvalue weighted by atomic mass is 10.3. The highest BCUT2D eigenvalue weighted by Gasteiger charge is 2.28. The van der Waals surface area contributed by atoms with Gasteiger partial charge in [-0.1, -0.05) is 11.6 Å². The predicted molar refractivity (Wildman–Crippen MR) is 79.3 cm³/mol. The minimum absolute atomic E-state index is 0.0244. The Bertz CT molecular complexity index is 602. The summed E-state index contributed by atoms with van der Waals surface area (Å²) in [6.07, 6.45) is 2.31. The lowest BCUT2D eigenvalue weighted by Gasteiger charge is -2.19. The van der Waals surface area contributed by atoms with Gasteiger partial charge in [-0.15, -0.1) is 0 Å². The number of hydrogen-bond donors (Lipinski definition) is 2. The second kappa shape index (κ2) is 6.53. The molecule has 0 aliphatic carbocycles. The van der Waals surface area contributed by atoms with Crippen LogP contribution in [0.2, 0.25) is 5.02 Å². The summed E-state index contributed by atoms with van der Waals surface area (Å²) in [5.74, 6) is 0. The van der Waals surface area contributed by atoms with Gasteiger partial charge >= 0.3 is 6.09 Å². The number of nitrogens with one attached hydrogen (secondary N) is 2. The summed E-state index contributed by atoms with van der Waals surface area (Å²) >= 11 is 5.98. The smallest absolute Gasteiger partial charge is 0.407 e. The Labute approximate surface area is 131 Å². The van der Waals surface area contributed by atoms with Crippen LogP contribution in [0.3, 0.4) is 0 Å². The maximum absolute atomic E-state index is 11.8. The van der Waals surface area contributed by atoms with Crippen LogP contribution in [0.15, 0.2) is 11.0 Å². The maximum Gasteiger partial charge on any atom is 0.407 e. The zero-order valence-electron chi connectivity index (χ0n) is 11.9. The van der Waals surface area contributed by atoms with E-state index < -0.39 is 11.7 Å². The van der Waals surface area contributed by atoms with Crippen LogP contribution < -0.4 is 15.8 Å². The first-order valence-electron chi connectivity index (χ1n) is 7.16. The molecule has 2 atom stereocenters. The summed E-state index contributed by atoms with van der Waals surface area (Å²) in [5, 5.41) is 8.91. The van der Waals surface area contributed by atoms with Crippen LogP contribution in [0.25, 0.3) is 0 Å². The Morgan fingerprint density at radius 3 is 3.18 bits per heavy atom. The Morgan fingerprint density at radius 1 is 1.55 bits per heavy atom. The minimum atomic E-state index is -0.433. The molecule has 0 radical (unpaired) electrons. The van der Waals surface area contributed by atoms with E-state index in [1.54, 1.807) is 0 Å². The molecular weight excluding hydrogens is 312 g/mol. The van der Waals surface area contributed by atoms with Gasteiger partial charge in [-0.2, -0.15) is 5.10 Å². The first kappa shape index (κ1) is 15.1. The molecule has 1 amide bonds. The van der Waals surface area contributed by atoms with Gasteiger partial charge in [0.05, 0.1) is 31.1 Å². The number of alkyl carbamates (subject to hydrolysis) is 1. The summed E-state index contributed by atoms with van der Waals surface area (Å²) in [6, 6.07) is 0.0244. The average Bonchev–Trinajstić information content (AvgIpc) is 3.14. The predicted octanol–water partition coefficient (Wildman–Crippen LogP) is 0.517. The van der Waals surface area contributed by atoms with Crippen molar-refractivity contribution in [2.45, 2.75) is 25.0 Å². The van der Waals surface area contributed by atoms with E-state index in [-0.39, 0.29) is 17.2 Å². The molecule has 8 nitrogen and oxygen atoms in total. The minimum Gasteiger partial charge on any atom is -0.444 e. The molecule has 0 aromatic carbocycles. The lowest BCUT2D eigenvalue weighted by Crippen LogP contribution is -2.38. The van der Waals surface area contributed by atoms with Gasteiger partial charge in [0.25, 0.3) is 5.56 Å². The van der Waals surface area contributed by atoms with Crippen LogP contribution in [-0.4, -0.2) is 54.7 Å².